The molecule has 0 amide bonds. The van der Waals surface area contributed by atoms with Crippen molar-refractivity contribution in [3.63, 3.8) is 0 Å². The molecule has 0 radical (unpaired) electrons. The number of rotatable bonds is 4. The fraction of sp³-hybridized carbons (Fsp3) is 0.320. The number of carbonyl (C=O) groups excluding carboxylic acids is 1. The molecule has 2 aromatic carbocycles. The summed E-state index contributed by atoms with van der Waals surface area (Å²) in [5.41, 5.74) is 1.36. The Morgan fingerprint density at radius 2 is 1.80 bits per heavy atom. The van der Waals surface area contributed by atoms with Crippen LogP contribution >= 0.6 is 0 Å². The zero-order valence-electron chi connectivity index (χ0n) is 16.7. The van der Waals surface area contributed by atoms with Crippen molar-refractivity contribution in [1.29, 1.82) is 10.5 Å². The zero-order valence-corrected chi connectivity index (χ0v) is 16.7. The second-order valence-corrected chi connectivity index (χ2v) is 8.23. The number of nitriles is 2. The standard InChI is InChI=1S/C25H21N3O2/c1-30-19-11-8-17(9-12-19)22-23(24(29)18-6-7-18)28-20-5-3-2-4-16(20)10-13-21(28)25(22,14-26)15-27/h2-5,8-13,18,21-23H,6-7H2,1H3/t21-,22-,23+/m1/s1. The van der Waals surface area contributed by atoms with Crippen LogP contribution in [-0.2, 0) is 4.79 Å². The minimum Gasteiger partial charge on any atom is -0.497 e. The predicted octanol–water partition coefficient (Wildman–Crippen LogP) is 4.08. The highest BCUT2D eigenvalue weighted by Crippen LogP contribution is 2.56. The van der Waals surface area contributed by atoms with E-state index in [2.05, 4.69) is 12.1 Å². The van der Waals surface area contributed by atoms with Crippen LogP contribution in [0, 0.1) is 34.0 Å². The van der Waals surface area contributed by atoms with Crippen LogP contribution in [0.4, 0.5) is 5.69 Å². The SMILES string of the molecule is COc1ccc([C@@H]2[C@@H](C(=O)C3CC3)N3c4ccccc4C=C[C@@H]3C2(C#N)C#N)cc1. The van der Waals surface area contributed by atoms with Crippen LogP contribution in [0.2, 0.25) is 0 Å². The fourth-order valence-corrected chi connectivity index (χ4v) is 5.05. The third-order valence-electron chi connectivity index (χ3n) is 6.66. The number of carbonyl (C=O) groups is 1. The minimum absolute atomic E-state index is 0.0163. The topological polar surface area (TPSA) is 77.1 Å². The summed E-state index contributed by atoms with van der Waals surface area (Å²) in [5.74, 6) is 0.303. The monoisotopic (exact) mass is 395 g/mol. The van der Waals surface area contributed by atoms with Crippen molar-refractivity contribution in [2.24, 2.45) is 11.3 Å². The van der Waals surface area contributed by atoms with Gasteiger partial charge in [-0.15, -0.1) is 0 Å². The molecule has 5 rings (SSSR count). The number of nitrogens with zero attached hydrogens (tertiary/aromatic N) is 3. The lowest BCUT2D eigenvalue weighted by Crippen LogP contribution is -2.44. The Morgan fingerprint density at radius 1 is 1.10 bits per heavy atom. The van der Waals surface area contributed by atoms with Gasteiger partial charge < -0.3 is 9.64 Å². The molecule has 30 heavy (non-hydrogen) atoms. The second kappa shape index (κ2) is 6.75. The van der Waals surface area contributed by atoms with Crippen molar-refractivity contribution in [2.45, 2.75) is 30.8 Å². The summed E-state index contributed by atoms with van der Waals surface area (Å²) in [6.07, 6.45) is 5.65. The number of ether oxygens (including phenoxy) is 1. The molecule has 0 N–H and O–H groups in total. The van der Waals surface area contributed by atoms with Crippen LogP contribution in [0.25, 0.3) is 6.08 Å². The van der Waals surface area contributed by atoms with E-state index in [1.54, 1.807) is 7.11 Å². The van der Waals surface area contributed by atoms with E-state index in [9.17, 15) is 15.3 Å². The molecule has 5 heteroatoms. The largest absolute Gasteiger partial charge is 0.497 e. The molecular weight excluding hydrogens is 374 g/mol. The summed E-state index contributed by atoms with van der Waals surface area (Å²) in [6, 6.07) is 18.9. The van der Waals surface area contributed by atoms with Crippen LogP contribution in [0.5, 0.6) is 5.75 Å². The van der Waals surface area contributed by atoms with E-state index in [0.29, 0.717) is 5.75 Å². The van der Waals surface area contributed by atoms with Gasteiger partial charge in [0, 0.05) is 17.5 Å². The summed E-state index contributed by atoms with van der Waals surface area (Å²) < 4.78 is 5.28. The van der Waals surface area contributed by atoms with E-state index >= 15 is 0 Å². The number of benzene rings is 2. The van der Waals surface area contributed by atoms with Crippen LogP contribution in [-0.4, -0.2) is 25.0 Å². The van der Waals surface area contributed by atoms with E-state index in [0.717, 1.165) is 29.7 Å². The molecule has 3 aliphatic rings. The number of Topliss-reactive ketones (excluding diaryl/α,β-unsaturated/α-hetero) is 1. The third-order valence-corrected chi connectivity index (χ3v) is 6.66. The molecule has 1 saturated carbocycles. The Morgan fingerprint density at radius 3 is 2.43 bits per heavy atom. The van der Waals surface area contributed by atoms with E-state index < -0.39 is 23.4 Å². The van der Waals surface area contributed by atoms with E-state index in [4.69, 9.17) is 4.74 Å². The molecule has 0 bridgehead atoms. The molecule has 1 aliphatic carbocycles. The van der Waals surface area contributed by atoms with Crippen molar-refractivity contribution in [3.05, 3.63) is 65.7 Å². The summed E-state index contributed by atoms with van der Waals surface area (Å²) in [5, 5.41) is 20.6. The molecule has 148 valence electrons. The summed E-state index contributed by atoms with van der Waals surface area (Å²) in [4.78, 5) is 15.6. The molecule has 0 aromatic heterocycles. The number of anilines is 1. The van der Waals surface area contributed by atoms with Gasteiger partial charge in [0.1, 0.15) is 5.75 Å². The van der Waals surface area contributed by atoms with Crippen LogP contribution in [0.1, 0.15) is 29.9 Å². The van der Waals surface area contributed by atoms with Crippen LogP contribution in [0.15, 0.2) is 54.6 Å². The zero-order chi connectivity index (χ0) is 20.9. The van der Waals surface area contributed by atoms with Crippen LogP contribution < -0.4 is 9.64 Å². The predicted molar refractivity (Wildman–Crippen MR) is 113 cm³/mol. The molecule has 1 saturated heterocycles. The Labute approximate surface area is 175 Å². The Balaban J connectivity index is 1.74. The first kappa shape index (κ1) is 18.5. The highest BCUT2D eigenvalue weighted by atomic mass is 16.5. The van der Waals surface area contributed by atoms with Gasteiger partial charge in [-0.25, -0.2) is 0 Å². The minimum atomic E-state index is -1.37. The van der Waals surface area contributed by atoms with Gasteiger partial charge in [0.25, 0.3) is 0 Å². The lowest BCUT2D eigenvalue weighted by molar-refractivity contribution is -0.121. The van der Waals surface area contributed by atoms with Crippen molar-refractivity contribution in [2.75, 3.05) is 12.0 Å². The van der Waals surface area contributed by atoms with Crippen molar-refractivity contribution >= 4 is 17.5 Å². The van der Waals surface area contributed by atoms with Crippen molar-refractivity contribution in [3.8, 4) is 17.9 Å². The maximum Gasteiger partial charge on any atom is 0.176 e. The van der Waals surface area contributed by atoms with Gasteiger partial charge in [-0.2, -0.15) is 10.5 Å². The maximum absolute atomic E-state index is 13.6. The highest BCUT2D eigenvalue weighted by Gasteiger charge is 2.64. The van der Waals surface area contributed by atoms with Gasteiger partial charge in [-0.3, -0.25) is 4.79 Å². The highest BCUT2D eigenvalue weighted by molar-refractivity contribution is 5.95. The number of hydrogen-bond acceptors (Lipinski definition) is 5. The lowest BCUT2D eigenvalue weighted by atomic mass is 9.69. The molecule has 0 spiro atoms. The first-order chi connectivity index (χ1) is 14.6. The first-order valence-corrected chi connectivity index (χ1v) is 10.2. The Hall–Kier alpha value is -3.57. The third kappa shape index (κ3) is 2.49. The molecule has 2 heterocycles. The van der Waals surface area contributed by atoms with E-state index in [1.807, 2.05) is 65.6 Å². The smallest absolute Gasteiger partial charge is 0.176 e. The van der Waals surface area contributed by atoms with Gasteiger partial charge >= 0.3 is 0 Å². The molecule has 2 aliphatic heterocycles. The van der Waals surface area contributed by atoms with Crippen molar-refractivity contribution in [1.82, 2.24) is 0 Å². The average Bonchev–Trinajstić information content (AvgIpc) is 3.60. The molecule has 3 atom stereocenters. The molecule has 5 nitrogen and oxygen atoms in total. The van der Waals surface area contributed by atoms with Crippen LogP contribution in [0.3, 0.4) is 0 Å². The number of hydrogen-bond donors (Lipinski definition) is 0. The van der Waals surface area contributed by atoms with Gasteiger partial charge in [0.15, 0.2) is 11.2 Å². The quantitative estimate of drug-likeness (QED) is 0.780. The fourth-order valence-electron chi connectivity index (χ4n) is 5.05. The van der Waals surface area contributed by atoms with Gasteiger partial charge in [-0.1, -0.05) is 42.5 Å². The number of ketones is 1. The lowest BCUT2D eigenvalue weighted by Gasteiger charge is -2.35. The van der Waals surface area contributed by atoms with Gasteiger partial charge in [0.05, 0.1) is 31.3 Å². The maximum atomic E-state index is 13.6. The first-order valence-electron chi connectivity index (χ1n) is 10.2. The number of fused-ring (bicyclic) bond motifs is 3. The number of methoxy groups -OCH3 is 1. The molecule has 2 fully saturated rings. The molecule has 2 aromatic rings. The number of para-hydroxylation sites is 1. The molecule has 0 unspecified atom stereocenters. The van der Waals surface area contributed by atoms with Crippen molar-refractivity contribution < 1.29 is 9.53 Å². The summed E-state index contributed by atoms with van der Waals surface area (Å²) in [7, 11) is 1.60. The summed E-state index contributed by atoms with van der Waals surface area (Å²) >= 11 is 0. The normalized spacial score (nSPS) is 25.6. The molecular formula is C25H21N3O2. The van der Waals surface area contributed by atoms with E-state index in [1.165, 1.54) is 0 Å². The van der Waals surface area contributed by atoms with E-state index in [-0.39, 0.29) is 11.7 Å². The summed E-state index contributed by atoms with van der Waals surface area (Å²) in [6.45, 7) is 0. The average molecular weight is 395 g/mol. The van der Waals surface area contributed by atoms with Gasteiger partial charge in [0.2, 0.25) is 0 Å². The van der Waals surface area contributed by atoms with Gasteiger partial charge in [-0.05, 0) is 42.2 Å². The Kier molecular flexibility index (Phi) is 4.15. The Bertz CT molecular complexity index is 1100. The second-order valence-electron chi connectivity index (χ2n) is 8.23.